The molecular weight excluding hydrogens is 356 g/mol. The molecule has 3 aromatic rings. The SMILES string of the molecule is COC(=O)c1cnc2nc(C)ccc2c1Nc1ccc(C(N)=O)cc1.Cl. The van der Waals surface area contributed by atoms with Crippen LogP contribution in [0.1, 0.15) is 26.4 Å². The monoisotopic (exact) mass is 372 g/mol. The van der Waals surface area contributed by atoms with E-state index in [1.165, 1.54) is 13.3 Å². The molecule has 0 fully saturated rings. The highest BCUT2D eigenvalue weighted by Gasteiger charge is 2.17. The van der Waals surface area contributed by atoms with Crippen molar-refractivity contribution in [1.82, 2.24) is 9.97 Å². The Bertz CT molecular complexity index is 974. The molecule has 3 rings (SSSR count). The molecule has 2 aromatic heterocycles. The van der Waals surface area contributed by atoms with Crippen molar-refractivity contribution in [3.05, 3.63) is 59.4 Å². The molecule has 3 N–H and O–H groups in total. The number of nitrogens with one attached hydrogen (secondary N) is 1. The fourth-order valence-corrected chi connectivity index (χ4v) is 2.43. The maximum Gasteiger partial charge on any atom is 0.341 e. The third kappa shape index (κ3) is 3.73. The van der Waals surface area contributed by atoms with Crippen molar-refractivity contribution in [3.8, 4) is 0 Å². The van der Waals surface area contributed by atoms with Gasteiger partial charge in [-0.1, -0.05) is 0 Å². The molecule has 1 amide bonds. The van der Waals surface area contributed by atoms with E-state index in [1.807, 2.05) is 19.1 Å². The minimum Gasteiger partial charge on any atom is -0.465 e. The van der Waals surface area contributed by atoms with E-state index in [4.69, 9.17) is 10.5 Å². The highest BCUT2D eigenvalue weighted by molar-refractivity contribution is 6.05. The quantitative estimate of drug-likeness (QED) is 0.682. The van der Waals surface area contributed by atoms with Crippen LogP contribution in [0.15, 0.2) is 42.6 Å². The van der Waals surface area contributed by atoms with Crippen LogP contribution in [0, 0.1) is 6.92 Å². The average Bonchev–Trinajstić information content (AvgIpc) is 2.61. The van der Waals surface area contributed by atoms with Gasteiger partial charge in [-0.25, -0.2) is 14.8 Å². The summed E-state index contributed by atoms with van der Waals surface area (Å²) in [7, 11) is 1.31. The number of aryl methyl sites for hydroxylation is 1. The van der Waals surface area contributed by atoms with Crippen LogP contribution in [0.25, 0.3) is 11.0 Å². The first-order valence-corrected chi connectivity index (χ1v) is 7.51. The second kappa shape index (κ2) is 7.79. The Kier molecular flexibility index (Phi) is 5.74. The lowest BCUT2D eigenvalue weighted by Gasteiger charge is -2.13. The van der Waals surface area contributed by atoms with Gasteiger partial charge < -0.3 is 15.8 Å². The minimum absolute atomic E-state index is 0. The van der Waals surface area contributed by atoms with E-state index < -0.39 is 11.9 Å². The van der Waals surface area contributed by atoms with E-state index in [-0.39, 0.29) is 12.4 Å². The Hall–Kier alpha value is -3.19. The van der Waals surface area contributed by atoms with Gasteiger partial charge in [-0.3, -0.25) is 4.79 Å². The zero-order chi connectivity index (χ0) is 18.0. The van der Waals surface area contributed by atoms with Gasteiger partial charge in [0.2, 0.25) is 5.91 Å². The Morgan fingerprint density at radius 3 is 2.42 bits per heavy atom. The van der Waals surface area contributed by atoms with Crippen LogP contribution in [-0.2, 0) is 4.74 Å². The molecule has 0 aliphatic heterocycles. The van der Waals surface area contributed by atoms with Crippen LogP contribution in [0.3, 0.4) is 0 Å². The standard InChI is InChI=1S/C18H16N4O3.ClH/c1-10-3-8-13-15(14(18(24)25-2)9-20-17(13)21-10)22-12-6-4-11(5-7-12)16(19)23;/h3-9H,1-2H3,(H2,19,23)(H,20,21,22);1H. The average molecular weight is 373 g/mol. The van der Waals surface area contributed by atoms with Gasteiger partial charge in [0, 0.05) is 28.5 Å². The number of anilines is 2. The fraction of sp³-hybridized carbons (Fsp3) is 0.111. The number of pyridine rings is 2. The summed E-state index contributed by atoms with van der Waals surface area (Å²) in [4.78, 5) is 31.9. The fourth-order valence-electron chi connectivity index (χ4n) is 2.43. The number of aromatic nitrogens is 2. The number of ether oxygens (including phenoxy) is 1. The van der Waals surface area contributed by atoms with Gasteiger partial charge in [-0.15, -0.1) is 12.4 Å². The molecule has 0 atom stereocenters. The van der Waals surface area contributed by atoms with Gasteiger partial charge in [0.1, 0.15) is 5.56 Å². The zero-order valence-electron chi connectivity index (χ0n) is 14.1. The number of rotatable bonds is 4. The number of amides is 1. The second-order valence-electron chi connectivity index (χ2n) is 5.43. The van der Waals surface area contributed by atoms with E-state index in [0.29, 0.717) is 33.5 Å². The summed E-state index contributed by atoms with van der Waals surface area (Å²) < 4.78 is 4.84. The van der Waals surface area contributed by atoms with E-state index in [1.54, 1.807) is 24.3 Å². The number of esters is 1. The molecule has 8 heteroatoms. The summed E-state index contributed by atoms with van der Waals surface area (Å²) in [6.07, 6.45) is 1.43. The van der Waals surface area contributed by atoms with Crippen molar-refractivity contribution in [2.24, 2.45) is 5.73 Å². The molecular formula is C18H17ClN4O3. The molecule has 1 aromatic carbocycles. The van der Waals surface area contributed by atoms with Crippen molar-refractivity contribution >= 4 is 46.7 Å². The number of nitrogens with zero attached hydrogens (tertiary/aromatic N) is 2. The van der Waals surface area contributed by atoms with E-state index >= 15 is 0 Å². The Labute approximate surface area is 156 Å². The lowest BCUT2D eigenvalue weighted by molar-refractivity contribution is 0.0601. The van der Waals surface area contributed by atoms with Gasteiger partial charge in [0.25, 0.3) is 0 Å². The highest BCUT2D eigenvalue weighted by Crippen LogP contribution is 2.29. The molecule has 2 heterocycles. The largest absolute Gasteiger partial charge is 0.465 e. The molecule has 0 bridgehead atoms. The summed E-state index contributed by atoms with van der Waals surface area (Å²) >= 11 is 0. The first kappa shape index (κ1) is 19.1. The third-order valence-corrected chi connectivity index (χ3v) is 3.71. The maximum absolute atomic E-state index is 12.1. The molecule has 0 unspecified atom stereocenters. The Balaban J connectivity index is 0.00000243. The zero-order valence-corrected chi connectivity index (χ0v) is 15.0. The molecule has 0 spiro atoms. The minimum atomic E-state index is -0.508. The summed E-state index contributed by atoms with van der Waals surface area (Å²) in [6, 6.07) is 10.3. The van der Waals surface area contributed by atoms with Crippen molar-refractivity contribution in [3.63, 3.8) is 0 Å². The predicted octanol–water partition coefficient (Wildman–Crippen LogP) is 2.99. The highest BCUT2D eigenvalue weighted by atomic mass is 35.5. The van der Waals surface area contributed by atoms with Crippen LogP contribution in [0.2, 0.25) is 0 Å². The molecule has 26 heavy (non-hydrogen) atoms. The molecule has 0 saturated carbocycles. The summed E-state index contributed by atoms with van der Waals surface area (Å²) in [6.45, 7) is 1.87. The number of hydrogen-bond donors (Lipinski definition) is 2. The molecule has 0 aliphatic rings. The smallest absolute Gasteiger partial charge is 0.341 e. The van der Waals surface area contributed by atoms with Crippen LogP contribution in [0.4, 0.5) is 11.4 Å². The second-order valence-corrected chi connectivity index (χ2v) is 5.43. The number of fused-ring (bicyclic) bond motifs is 1. The summed E-state index contributed by atoms with van der Waals surface area (Å²) in [5.74, 6) is -1.01. The van der Waals surface area contributed by atoms with E-state index in [2.05, 4.69) is 15.3 Å². The van der Waals surface area contributed by atoms with Gasteiger partial charge in [-0.2, -0.15) is 0 Å². The molecule has 0 saturated heterocycles. The summed E-state index contributed by atoms with van der Waals surface area (Å²) in [5.41, 5.74) is 8.50. The number of halogens is 1. The predicted molar refractivity (Wildman–Crippen MR) is 101 cm³/mol. The molecule has 134 valence electrons. The van der Waals surface area contributed by atoms with Crippen LogP contribution in [-0.4, -0.2) is 29.0 Å². The first-order chi connectivity index (χ1) is 12.0. The number of benzene rings is 1. The Morgan fingerprint density at radius 1 is 1.12 bits per heavy atom. The molecule has 7 nitrogen and oxygen atoms in total. The van der Waals surface area contributed by atoms with Crippen molar-refractivity contribution in [1.29, 1.82) is 0 Å². The van der Waals surface area contributed by atoms with Gasteiger partial charge >= 0.3 is 5.97 Å². The Morgan fingerprint density at radius 2 is 1.81 bits per heavy atom. The van der Waals surface area contributed by atoms with E-state index in [0.717, 1.165) is 5.69 Å². The molecule has 0 radical (unpaired) electrons. The lowest BCUT2D eigenvalue weighted by Crippen LogP contribution is -2.11. The van der Waals surface area contributed by atoms with Crippen molar-refractivity contribution < 1.29 is 14.3 Å². The number of carbonyl (C=O) groups excluding carboxylic acids is 2. The third-order valence-electron chi connectivity index (χ3n) is 3.71. The number of primary amides is 1. The number of hydrogen-bond acceptors (Lipinski definition) is 6. The first-order valence-electron chi connectivity index (χ1n) is 7.51. The van der Waals surface area contributed by atoms with Crippen molar-refractivity contribution in [2.45, 2.75) is 6.92 Å². The van der Waals surface area contributed by atoms with Gasteiger partial charge in [0.05, 0.1) is 12.8 Å². The van der Waals surface area contributed by atoms with Crippen LogP contribution >= 0.6 is 12.4 Å². The number of carbonyl (C=O) groups is 2. The molecule has 0 aliphatic carbocycles. The number of nitrogens with two attached hydrogens (primary N) is 1. The van der Waals surface area contributed by atoms with Crippen molar-refractivity contribution in [2.75, 3.05) is 12.4 Å². The lowest BCUT2D eigenvalue weighted by atomic mass is 10.1. The number of methoxy groups -OCH3 is 1. The van der Waals surface area contributed by atoms with Crippen LogP contribution in [0.5, 0.6) is 0 Å². The van der Waals surface area contributed by atoms with Gasteiger partial charge in [0.15, 0.2) is 5.65 Å². The summed E-state index contributed by atoms with van der Waals surface area (Å²) in [5, 5.41) is 3.87. The maximum atomic E-state index is 12.1. The van der Waals surface area contributed by atoms with Crippen LogP contribution < -0.4 is 11.1 Å². The topological polar surface area (TPSA) is 107 Å². The van der Waals surface area contributed by atoms with Gasteiger partial charge in [-0.05, 0) is 43.3 Å². The van der Waals surface area contributed by atoms with E-state index in [9.17, 15) is 9.59 Å². The normalized spacial score (nSPS) is 10.1.